The van der Waals surface area contributed by atoms with E-state index in [4.69, 9.17) is 14.7 Å². The van der Waals surface area contributed by atoms with Crippen molar-refractivity contribution in [3.8, 4) is 11.5 Å². The van der Waals surface area contributed by atoms with Crippen molar-refractivity contribution in [2.75, 3.05) is 7.11 Å². The van der Waals surface area contributed by atoms with Gasteiger partial charge in [0, 0.05) is 18.1 Å². The van der Waals surface area contributed by atoms with Crippen LogP contribution in [0.15, 0.2) is 60.7 Å². The number of amides is 3. The SMILES string of the molecule is COc1ccc([C@H](C/C=C/C(=O)NO)OC(=O)NC(=O)c2ccccc2)cc1O. The van der Waals surface area contributed by atoms with Crippen molar-refractivity contribution < 1.29 is 34.2 Å². The maximum absolute atomic E-state index is 12.2. The number of carbonyl (C=O) groups is 3. The molecule has 0 aromatic heterocycles. The minimum Gasteiger partial charge on any atom is -0.504 e. The summed E-state index contributed by atoms with van der Waals surface area (Å²) in [5.41, 5.74) is 2.12. The highest BCUT2D eigenvalue weighted by Gasteiger charge is 2.19. The molecule has 0 radical (unpaired) electrons. The molecule has 9 nitrogen and oxygen atoms in total. The van der Waals surface area contributed by atoms with E-state index in [0.717, 1.165) is 6.08 Å². The van der Waals surface area contributed by atoms with Crippen LogP contribution in [0.3, 0.4) is 0 Å². The summed E-state index contributed by atoms with van der Waals surface area (Å²) in [7, 11) is 1.39. The van der Waals surface area contributed by atoms with Gasteiger partial charge >= 0.3 is 6.09 Å². The lowest BCUT2D eigenvalue weighted by atomic mass is 10.1. The van der Waals surface area contributed by atoms with Gasteiger partial charge in [-0.15, -0.1) is 0 Å². The molecule has 0 heterocycles. The lowest BCUT2D eigenvalue weighted by Crippen LogP contribution is -2.32. The van der Waals surface area contributed by atoms with Crippen LogP contribution in [-0.4, -0.2) is 35.3 Å². The van der Waals surface area contributed by atoms with Gasteiger partial charge < -0.3 is 14.6 Å². The van der Waals surface area contributed by atoms with Gasteiger partial charge in [-0.2, -0.15) is 0 Å². The summed E-state index contributed by atoms with van der Waals surface area (Å²) in [5, 5.41) is 20.6. The number of ether oxygens (including phenoxy) is 2. The predicted molar refractivity (Wildman–Crippen MR) is 101 cm³/mol. The first-order chi connectivity index (χ1) is 13.9. The molecule has 0 spiro atoms. The van der Waals surface area contributed by atoms with E-state index in [0.29, 0.717) is 5.56 Å². The number of phenols is 1. The van der Waals surface area contributed by atoms with Crippen LogP contribution in [0.4, 0.5) is 4.79 Å². The summed E-state index contributed by atoms with van der Waals surface area (Å²) in [6, 6.07) is 12.5. The van der Waals surface area contributed by atoms with Crippen LogP contribution in [-0.2, 0) is 9.53 Å². The largest absolute Gasteiger partial charge is 0.504 e. The second-order valence-electron chi connectivity index (χ2n) is 5.76. The van der Waals surface area contributed by atoms with Crippen LogP contribution in [0.2, 0.25) is 0 Å². The molecule has 0 fully saturated rings. The molecule has 0 aliphatic heterocycles. The predicted octanol–water partition coefficient (Wildman–Crippen LogP) is 2.46. The van der Waals surface area contributed by atoms with Crippen LogP contribution in [0.25, 0.3) is 0 Å². The van der Waals surface area contributed by atoms with E-state index in [2.05, 4.69) is 5.32 Å². The number of hydroxylamine groups is 1. The van der Waals surface area contributed by atoms with Crippen molar-refractivity contribution in [3.05, 3.63) is 71.8 Å². The molecular weight excluding hydrogens is 380 g/mol. The van der Waals surface area contributed by atoms with E-state index < -0.39 is 24.0 Å². The maximum Gasteiger partial charge on any atom is 0.414 e. The van der Waals surface area contributed by atoms with Crippen molar-refractivity contribution in [2.24, 2.45) is 0 Å². The van der Waals surface area contributed by atoms with Gasteiger partial charge in [-0.1, -0.05) is 30.3 Å². The summed E-state index contributed by atoms with van der Waals surface area (Å²) in [6.45, 7) is 0. The average Bonchev–Trinajstić information content (AvgIpc) is 2.73. The Labute approximate surface area is 166 Å². The first-order valence-corrected chi connectivity index (χ1v) is 8.49. The molecule has 9 heteroatoms. The summed E-state index contributed by atoms with van der Waals surface area (Å²) in [6.07, 6.45) is 0.514. The molecule has 4 N–H and O–H groups in total. The van der Waals surface area contributed by atoms with E-state index in [9.17, 15) is 19.5 Å². The minimum atomic E-state index is -1.00. The summed E-state index contributed by atoms with van der Waals surface area (Å²) >= 11 is 0. The Kier molecular flexibility index (Phi) is 7.75. The fourth-order valence-corrected chi connectivity index (χ4v) is 2.41. The Bertz CT molecular complexity index is 897. The summed E-state index contributed by atoms with van der Waals surface area (Å²) in [4.78, 5) is 35.4. The number of hydrogen-bond donors (Lipinski definition) is 4. The average molecular weight is 400 g/mol. The highest BCUT2D eigenvalue weighted by atomic mass is 16.6. The molecule has 2 aromatic carbocycles. The molecule has 3 amide bonds. The third kappa shape index (κ3) is 6.36. The zero-order chi connectivity index (χ0) is 21.2. The van der Waals surface area contributed by atoms with E-state index in [-0.39, 0.29) is 23.5 Å². The number of imide groups is 1. The maximum atomic E-state index is 12.2. The Morgan fingerprint density at radius 1 is 1.14 bits per heavy atom. The first-order valence-electron chi connectivity index (χ1n) is 8.49. The number of hydrogen-bond acceptors (Lipinski definition) is 7. The van der Waals surface area contributed by atoms with Gasteiger partial charge in [-0.3, -0.25) is 20.1 Å². The third-order valence-electron chi connectivity index (χ3n) is 3.81. The zero-order valence-corrected chi connectivity index (χ0v) is 15.5. The normalized spacial score (nSPS) is 11.5. The van der Waals surface area contributed by atoms with Gasteiger partial charge in [0.2, 0.25) is 0 Å². The lowest BCUT2D eigenvalue weighted by Gasteiger charge is -2.18. The van der Waals surface area contributed by atoms with Crippen LogP contribution >= 0.6 is 0 Å². The fraction of sp³-hybridized carbons (Fsp3) is 0.150. The Hall–Kier alpha value is -3.85. The molecule has 0 saturated heterocycles. The Balaban J connectivity index is 2.14. The smallest absolute Gasteiger partial charge is 0.414 e. The van der Waals surface area contributed by atoms with E-state index in [1.165, 1.54) is 42.9 Å². The number of aromatic hydroxyl groups is 1. The highest BCUT2D eigenvalue weighted by Crippen LogP contribution is 2.31. The van der Waals surface area contributed by atoms with Gasteiger partial charge in [-0.25, -0.2) is 10.3 Å². The molecular formula is C20H20N2O7. The molecule has 29 heavy (non-hydrogen) atoms. The Morgan fingerprint density at radius 3 is 2.48 bits per heavy atom. The second kappa shape index (κ2) is 10.5. The summed E-state index contributed by atoms with van der Waals surface area (Å²) in [5.74, 6) is -1.34. The molecule has 0 unspecified atom stereocenters. The fourth-order valence-electron chi connectivity index (χ4n) is 2.41. The van der Waals surface area contributed by atoms with E-state index in [1.807, 2.05) is 0 Å². The number of phenolic OH excluding ortho intramolecular Hbond substituents is 1. The van der Waals surface area contributed by atoms with Gasteiger partial charge in [-0.05, 0) is 29.8 Å². The van der Waals surface area contributed by atoms with E-state index >= 15 is 0 Å². The first kappa shape index (κ1) is 21.5. The van der Waals surface area contributed by atoms with E-state index in [1.54, 1.807) is 24.3 Å². The molecule has 0 saturated carbocycles. The number of rotatable bonds is 7. The molecule has 0 bridgehead atoms. The monoisotopic (exact) mass is 400 g/mol. The number of nitrogens with one attached hydrogen (secondary N) is 2. The molecule has 1 atom stereocenters. The number of methoxy groups -OCH3 is 1. The van der Waals surface area contributed by atoms with Crippen molar-refractivity contribution >= 4 is 17.9 Å². The molecule has 152 valence electrons. The topological polar surface area (TPSA) is 134 Å². The highest BCUT2D eigenvalue weighted by molar-refractivity contribution is 6.02. The van der Waals surface area contributed by atoms with Gasteiger partial charge in [0.25, 0.3) is 11.8 Å². The van der Waals surface area contributed by atoms with Crippen LogP contribution < -0.4 is 15.5 Å². The molecule has 0 aliphatic rings. The standard InChI is InChI=1S/C20H20N2O7/c1-28-17-11-10-14(12-15(17)23)16(8-5-9-18(24)22-27)29-20(26)21-19(25)13-6-3-2-4-7-13/h2-7,9-12,16,23,27H,8H2,1H3,(H,22,24)(H,21,25,26)/b9-5+/t16-/m0/s1. The number of carbonyl (C=O) groups excluding carboxylic acids is 3. The minimum absolute atomic E-state index is 0.0339. The van der Waals surface area contributed by atoms with Crippen LogP contribution in [0.1, 0.15) is 28.4 Å². The van der Waals surface area contributed by atoms with Gasteiger partial charge in [0.05, 0.1) is 7.11 Å². The van der Waals surface area contributed by atoms with Crippen molar-refractivity contribution in [3.63, 3.8) is 0 Å². The van der Waals surface area contributed by atoms with Crippen LogP contribution in [0, 0.1) is 0 Å². The van der Waals surface area contributed by atoms with Crippen molar-refractivity contribution in [2.45, 2.75) is 12.5 Å². The number of alkyl carbamates (subject to hydrolysis) is 1. The molecule has 2 aromatic rings. The van der Waals surface area contributed by atoms with Crippen molar-refractivity contribution in [1.29, 1.82) is 0 Å². The molecule has 2 rings (SSSR count). The Morgan fingerprint density at radius 2 is 1.86 bits per heavy atom. The quantitative estimate of drug-likeness (QED) is 0.319. The van der Waals surface area contributed by atoms with Gasteiger partial charge in [0.1, 0.15) is 6.10 Å². The van der Waals surface area contributed by atoms with Crippen molar-refractivity contribution in [1.82, 2.24) is 10.8 Å². The zero-order valence-electron chi connectivity index (χ0n) is 15.5. The molecule has 0 aliphatic carbocycles. The lowest BCUT2D eigenvalue weighted by molar-refractivity contribution is -0.124. The number of benzene rings is 2. The second-order valence-corrected chi connectivity index (χ2v) is 5.76. The van der Waals surface area contributed by atoms with Crippen LogP contribution in [0.5, 0.6) is 11.5 Å². The third-order valence-corrected chi connectivity index (χ3v) is 3.81. The van der Waals surface area contributed by atoms with Gasteiger partial charge in [0.15, 0.2) is 11.5 Å². The summed E-state index contributed by atoms with van der Waals surface area (Å²) < 4.78 is 10.3.